The van der Waals surface area contributed by atoms with Crippen molar-refractivity contribution in [3.8, 4) is 0 Å². The molecule has 0 saturated heterocycles. The average molecular weight is 268 g/mol. The van der Waals surface area contributed by atoms with Crippen molar-refractivity contribution in [2.45, 2.75) is 46.1 Å². The Bertz CT molecular complexity index is 392. The molecule has 0 aliphatic rings. The minimum Gasteiger partial charge on any atom is -0.388 e. The maximum absolute atomic E-state index is 7.27. The van der Waals surface area contributed by atoms with Gasteiger partial charge in [0.05, 0.1) is 18.1 Å². The maximum atomic E-state index is 7.27. The van der Waals surface area contributed by atoms with E-state index in [0.29, 0.717) is 6.42 Å². The third kappa shape index (κ3) is 4.74. The van der Waals surface area contributed by atoms with E-state index < -0.39 is 0 Å². The standard InChI is InChI=1S/C13H24N4S/c1-5-17(7-6-11(14)15)8-12-16-10(9-18-12)13(2,3)4/h9H,5-8H2,1-4H3,(H3,14,15). The van der Waals surface area contributed by atoms with E-state index in [1.54, 1.807) is 11.3 Å². The maximum Gasteiger partial charge on any atom is 0.107 e. The molecule has 5 heteroatoms. The Morgan fingerprint density at radius 2 is 2.17 bits per heavy atom. The van der Waals surface area contributed by atoms with Crippen LogP contribution < -0.4 is 5.73 Å². The van der Waals surface area contributed by atoms with Crippen LogP contribution >= 0.6 is 11.3 Å². The molecule has 102 valence electrons. The number of amidine groups is 1. The number of hydrogen-bond acceptors (Lipinski definition) is 4. The van der Waals surface area contributed by atoms with E-state index in [-0.39, 0.29) is 11.3 Å². The highest BCUT2D eigenvalue weighted by Crippen LogP contribution is 2.24. The van der Waals surface area contributed by atoms with Gasteiger partial charge in [0.1, 0.15) is 5.01 Å². The van der Waals surface area contributed by atoms with Gasteiger partial charge in [-0.3, -0.25) is 10.3 Å². The second-order valence-corrected chi connectivity index (χ2v) is 6.46. The van der Waals surface area contributed by atoms with Crippen LogP contribution in [0.1, 0.15) is 44.8 Å². The van der Waals surface area contributed by atoms with Crippen LogP contribution in [-0.4, -0.2) is 28.8 Å². The topological polar surface area (TPSA) is 66.0 Å². The average Bonchev–Trinajstić information content (AvgIpc) is 2.71. The molecule has 0 saturated carbocycles. The Balaban J connectivity index is 2.59. The van der Waals surface area contributed by atoms with E-state index in [2.05, 4.69) is 43.0 Å². The lowest BCUT2D eigenvalue weighted by Crippen LogP contribution is -2.27. The summed E-state index contributed by atoms with van der Waals surface area (Å²) < 4.78 is 0. The first-order valence-electron chi connectivity index (χ1n) is 6.33. The van der Waals surface area contributed by atoms with Crippen molar-refractivity contribution in [2.24, 2.45) is 5.73 Å². The van der Waals surface area contributed by atoms with Gasteiger partial charge in [-0.2, -0.15) is 0 Å². The molecule has 4 nitrogen and oxygen atoms in total. The van der Waals surface area contributed by atoms with Crippen LogP contribution in [0.25, 0.3) is 0 Å². The van der Waals surface area contributed by atoms with E-state index in [4.69, 9.17) is 11.1 Å². The quantitative estimate of drug-likeness (QED) is 0.615. The lowest BCUT2D eigenvalue weighted by Gasteiger charge is -2.18. The number of nitrogens with zero attached hydrogens (tertiary/aromatic N) is 2. The summed E-state index contributed by atoms with van der Waals surface area (Å²) in [7, 11) is 0. The number of rotatable bonds is 6. The molecule has 0 spiro atoms. The van der Waals surface area contributed by atoms with Gasteiger partial charge < -0.3 is 5.73 Å². The molecule has 1 rings (SSSR count). The fourth-order valence-corrected chi connectivity index (χ4v) is 2.61. The van der Waals surface area contributed by atoms with E-state index in [0.717, 1.165) is 30.3 Å². The van der Waals surface area contributed by atoms with Gasteiger partial charge in [0.25, 0.3) is 0 Å². The SMILES string of the molecule is CCN(CCC(=N)N)Cc1nc(C(C)(C)C)cs1. The molecule has 1 aromatic heterocycles. The second kappa shape index (κ2) is 6.29. The molecule has 3 N–H and O–H groups in total. The minimum atomic E-state index is 0.116. The van der Waals surface area contributed by atoms with Crippen LogP contribution in [0.4, 0.5) is 0 Å². The summed E-state index contributed by atoms with van der Waals surface area (Å²) in [4.78, 5) is 6.96. The van der Waals surface area contributed by atoms with Crippen molar-refractivity contribution < 1.29 is 0 Å². The Kier molecular flexibility index (Phi) is 5.28. The van der Waals surface area contributed by atoms with Crippen molar-refractivity contribution in [1.29, 1.82) is 5.41 Å². The molecule has 1 aromatic rings. The van der Waals surface area contributed by atoms with E-state index >= 15 is 0 Å². The van der Waals surface area contributed by atoms with Crippen molar-refractivity contribution in [3.05, 3.63) is 16.1 Å². The van der Waals surface area contributed by atoms with Crippen molar-refractivity contribution in [2.75, 3.05) is 13.1 Å². The van der Waals surface area contributed by atoms with Crippen LogP contribution in [0.3, 0.4) is 0 Å². The predicted molar refractivity (Wildman–Crippen MR) is 78.3 cm³/mol. The molecule has 18 heavy (non-hydrogen) atoms. The fourth-order valence-electron chi connectivity index (χ4n) is 1.55. The van der Waals surface area contributed by atoms with Crippen LogP contribution in [0, 0.1) is 5.41 Å². The van der Waals surface area contributed by atoms with Crippen LogP contribution in [0.5, 0.6) is 0 Å². The molecular weight excluding hydrogens is 244 g/mol. The molecule has 0 aromatic carbocycles. The number of nitrogens with one attached hydrogen (secondary N) is 1. The summed E-state index contributed by atoms with van der Waals surface area (Å²) in [6, 6.07) is 0. The zero-order chi connectivity index (χ0) is 13.8. The zero-order valence-electron chi connectivity index (χ0n) is 11.8. The highest BCUT2D eigenvalue weighted by molar-refractivity contribution is 7.09. The largest absolute Gasteiger partial charge is 0.388 e. The van der Waals surface area contributed by atoms with Gasteiger partial charge in [-0.25, -0.2) is 4.98 Å². The molecular formula is C13H24N4S. The van der Waals surface area contributed by atoms with Gasteiger partial charge in [-0.15, -0.1) is 11.3 Å². The number of thiazole rings is 1. The zero-order valence-corrected chi connectivity index (χ0v) is 12.6. The molecule has 0 unspecified atom stereocenters. The highest BCUT2D eigenvalue weighted by atomic mass is 32.1. The third-order valence-corrected chi connectivity index (χ3v) is 3.66. The first-order chi connectivity index (χ1) is 8.32. The van der Waals surface area contributed by atoms with Crippen molar-refractivity contribution in [3.63, 3.8) is 0 Å². The van der Waals surface area contributed by atoms with Crippen LogP contribution in [-0.2, 0) is 12.0 Å². The van der Waals surface area contributed by atoms with Gasteiger partial charge in [0.2, 0.25) is 0 Å². The lowest BCUT2D eigenvalue weighted by atomic mass is 9.93. The monoisotopic (exact) mass is 268 g/mol. The highest BCUT2D eigenvalue weighted by Gasteiger charge is 2.18. The normalized spacial score (nSPS) is 12.1. The summed E-state index contributed by atoms with van der Waals surface area (Å²) in [6.07, 6.45) is 0.630. The van der Waals surface area contributed by atoms with Crippen molar-refractivity contribution in [1.82, 2.24) is 9.88 Å². The minimum absolute atomic E-state index is 0.116. The van der Waals surface area contributed by atoms with Crippen molar-refractivity contribution >= 4 is 17.2 Å². The second-order valence-electron chi connectivity index (χ2n) is 5.52. The summed E-state index contributed by atoms with van der Waals surface area (Å²) in [5.41, 5.74) is 6.67. The fraction of sp³-hybridized carbons (Fsp3) is 0.692. The number of aromatic nitrogens is 1. The molecule has 0 aliphatic heterocycles. The van der Waals surface area contributed by atoms with E-state index in [9.17, 15) is 0 Å². The van der Waals surface area contributed by atoms with Gasteiger partial charge in [-0.1, -0.05) is 27.7 Å². The Labute approximate surface area is 114 Å². The Hall–Kier alpha value is -0.940. The molecule has 1 heterocycles. The number of hydrogen-bond donors (Lipinski definition) is 2. The Morgan fingerprint density at radius 1 is 1.50 bits per heavy atom. The summed E-state index contributed by atoms with van der Waals surface area (Å²) >= 11 is 1.72. The van der Waals surface area contributed by atoms with E-state index in [1.807, 2.05) is 0 Å². The molecule has 0 aliphatic carbocycles. The molecule has 0 atom stereocenters. The lowest BCUT2D eigenvalue weighted by molar-refractivity contribution is 0.287. The van der Waals surface area contributed by atoms with Gasteiger partial charge >= 0.3 is 0 Å². The van der Waals surface area contributed by atoms with E-state index in [1.165, 1.54) is 0 Å². The third-order valence-electron chi connectivity index (χ3n) is 2.82. The summed E-state index contributed by atoms with van der Waals surface area (Å²) in [5.74, 6) is 0.253. The van der Waals surface area contributed by atoms with Crippen LogP contribution in [0.2, 0.25) is 0 Å². The molecule has 0 radical (unpaired) electrons. The number of nitrogens with two attached hydrogens (primary N) is 1. The Morgan fingerprint density at radius 3 is 2.61 bits per heavy atom. The smallest absolute Gasteiger partial charge is 0.107 e. The predicted octanol–water partition coefficient (Wildman–Crippen LogP) is 2.59. The summed E-state index contributed by atoms with van der Waals surface area (Å²) in [6.45, 7) is 11.3. The molecule has 0 fully saturated rings. The first kappa shape index (κ1) is 15.1. The van der Waals surface area contributed by atoms with Gasteiger partial charge in [-0.05, 0) is 6.54 Å². The van der Waals surface area contributed by atoms with Crippen LogP contribution in [0.15, 0.2) is 5.38 Å². The molecule has 0 bridgehead atoms. The van der Waals surface area contributed by atoms with Gasteiger partial charge in [0, 0.05) is 23.8 Å². The first-order valence-corrected chi connectivity index (χ1v) is 7.21. The summed E-state index contributed by atoms with van der Waals surface area (Å²) in [5, 5.41) is 10.6. The molecule has 0 amide bonds. The van der Waals surface area contributed by atoms with Gasteiger partial charge in [0.15, 0.2) is 0 Å².